The number of pyridine rings is 1. The molecule has 0 saturated carbocycles. The topological polar surface area (TPSA) is 91.8 Å². The molecule has 0 bridgehead atoms. The van der Waals surface area contributed by atoms with Crippen molar-refractivity contribution in [2.24, 2.45) is 0 Å². The molecule has 7 heteroatoms. The molecule has 1 amide bonds. The maximum atomic E-state index is 12.4. The molecule has 1 aromatic carbocycles. The van der Waals surface area contributed by atoms with Crippen molar-refractivity contribution in [2.45, 2.75) is 13.5 Å². The predicted molar refractivity (Wildman–Crippen MR) is 94.4 cm³/mol. The zero-order valence-corrected chi connectivity index (χ0v) is 14.7. The number of aromatic nitrogens is 1. The number of ether oxygens (including phenoxy) is 1. The molecular weight excluding hydrogens is 322 g/mol. The molecule has 25 heavy (non-hydrogen) atoms. The standard InChI is InChI=1S/C18H21N3O4/c1-11-7-16(25-4)15(18(23)24)8-14(11)17(22)20-9-12-5-6-13(10-19-12)21(2)3/h5-8,10H,9H2,1-4H3,(H,20,22)(H,23,24). The number of rotatable bonds is 6. The highest BCUT2D eigenvalue weighted by atomic mass is 16.5. The van der Waals surface area contributed by atoms with Crippen LogP contribution in [0.25, 0.3) is 0 Å². The number of benzene rings is 1. The van der Waals surface area contributed by atoms with Crippen LogP contribution in [0.15, 0.2) is 30.5 Å². The average Bonchev–Trinajstić information content (AvgIpc) is 2.59. The molecule has 0 radical (unpaired) electrons. The van der Waals surface area contributed by atoms with Crippen LogP contribution in [0.1, 0.15) is 32.0 Å². The number of hydrogen-bond donors (Lipinski definition) is 2. The van der Waals surface area contributed by atoms with Crippen LogP contribution in [-0.4, -0.2) is 43.2 Å². The Bertz CT molecular complexity index is 786. The molecule has 0 aliphatic carbocycles. The number of carboxylic acid groups (broad SMARTS) is 1. The summed E-state index contributed by atoms with van der Waals surface area (Å²) in [5, 5.41) is 12.0. The number of methoxy groups -OCH3 is 1. The summed E-state index contributed by atoms with van der Waals surface area (Å²) in [6, 6.07) is 6.62. The van der Waals surface area contributed by atoms with Gasteiger partial charge >= 0.3 is 5.97 Å². The number of amides is 1. The van der Waals surface area contributed by atoms with Crippen molar-refractivity contribution in [2.75, 3.05) is 26.1 Å². The molecule has 1 heterocycles. The Balaban J connectivity index is 2.15. The van der Waals surface area contributed by atoms with E-state index in [1.807, 2.05) is 31.1 Å². The average molecular weight is 343 g/mol. The normalized spacial score (nSPS) is 10.2. The Morgan fingerprint density at radius 3 is 2.48 bits per heavy atom. The van der Waals surface area contributed by atoms with Crippen LogP contribution in [0, 0.1) is 6.92 Å². The Hall–Kier alpha value is -3.09. The van der Waals surface area contributed by atoms with Gasteiger partial charge in [0.25, 0.3) is 5.91 Å². The second-order valence-corrected chi connectivity index (χ2v) is 5.76. The molecular formula is C18H21N3O4. The summed E-state index contributed by atoms with van der Waals surface area (Å²) in [4.78, 5) is 29.9. The number of anilines is 1. The molecule has 0 saturated heterocycles. The maximum absolute atomic E-state index is 12.4. The summed E-state index contributed by atoms with van der Waals surface area (Å²) in [6.45, 7) is 1.98. The molecule has 7 nitrogen and oxygen atoms in total. The molecule has 2 aromatic rings. The molecule has 0 unspecified atom stereocenters. The fourth-order valence-corrected chi connectivity index (χ4v) is 2.31. The monoisotopic (exact) mass is 343 g/mol. The van der Waals surface area contributed by atoms with Crippen LogP contribution in [0.4, 0.5) is 5.69 Å². The van der Waals surface area contributed by atoms with Gasteiger partial charge in [-0.3, -0.25) is 9.78 Å². The third-order valence-corrected chi connectivity index (χ3v) is 3.78. The van der Waals surface area contributed by atoms with E-state index in [-0.39, 0.29) is 23.8 Å². The molecule has 2 N–H and O–H groups in total. The van der Waals surface area contributed by atoms with Gasteiger partial charge in [0.1, 0.15) is 11.3 Å². The Morgan fingerprint density at radius 1 is 1.24 bits per heavy atom. The summed E-state index contributed by atoms with van der Waals surface area (Å²) >= 11 is 0. The highest BCUT2D eigenvalue weighted by molar-refractivity contribution is 6.00. The van der Waals surface area contributed by atoms with E-state index in [9.17, 15) is 14.7 Å². The molecule has 0 fully saturated rings. The van der Waals surface area contributed by atoms with E-state index in [4.69, 9.17) is 4.74 Å². The van der Waals surface area contributed by atoms with E-state index in [1.54, 1.807) is 19.2 Å². The first kappa shape index (κ1) is 18.3. The second-order valence-electron chi connectivity index (χ2n) is 5.76. The zero-order valence-electron chi connectivity index (χ0n) is 14.7. The lowest BCUT2D eigenvalue weighted by Crippen LogP contribution is -2.24. The number of nitrogens with one attached hydrogen (secondary N) is 1. The number of carbonyl (C=O) groups is 2. The highest BCUT2D eigenvalue weighted by Gasteiger charge is 2.18. The van der Waals surface area contributed by atoms with Gasteiger partial charge in [-0.25, -0.2) is 4.79 Å². The zero-order chi connectivity index (χ0) is 18.6. The fraction of sp³-hybridized carbons (Fsp3) is 0.278. The first-order valence-electron chi connectivity index (χ1n) is 7.66. The summed E-state index contributed by atoms with van der Waals surface area (Å²) in [7, 11) is 5.24. The maximum Gasteiger partial charge on any atom is 0.339 e. The van der Waals surface area contributed by atoms with Gasteiger partial charge < -0.3 is 20.1 Å². The number of carboxylic acids is 1. The number of aromatic carboxylic acids is 1. The number of aryl methyl sites for hydroxylation is 1. The van der Waals surface area contributed by atoms with Crippen molar-refractivity contribution in [3.8, 4) is 5.75 Å². The minimum Gasteiger partial charge on any atom is -0.496 e. The van der Waals surface area contributed by atoms with E-state index < -0.39 is 5.97 Å². The minimum absolute atomic E-state index is 0.0493. The van der Waals surface area contributed by atoms with Gasteiger partial charge in [-0.1, -0.05) is 0 Å². The van der Waals surface area contributed by atoms with Crippen molar-refractivity contribution in [1.82, 2.24) is 10.3 Å². The van der Waals surface area contributed by atoms with Crippen molar-refractivity contribution in [1.29, 1.82) is 0 Å². The fourth-order valence-electron chi connectivity index (χ4n) is 2.31. The van der Waals surface area contributed by atoms with Gasteiger partial charge in [-0.2, -0.15) is 0 Å². The second kappa shape index (κ2) is 7.65. The number of carbonyl (C=O) groups excluding carboxylic acids is 1. The summed E-state index contributed by atoms with van der Waals surface area (Å²) < 4.78 is 5.06. The lowest BCUT2D eigenvalue weighted by Gasteiger charge is -2.13. The van der Waals surface area contributed by atoms with Gasteiger partial charge in [0.15, 0.2) is 0 Å². The van der Waals surface area contributed by atoms with Crippen LogP contribution < -0.4 is 15.0 Å². The van der Waals surface area contributed by atoms with Gasteiger partial charge in [0, 0.05) is 19.7 Å². The largest absolute Gasteiger partial charge is 0.496 e. The van der Waals surface area contributed by atoms with Crippen LogP contribution in [0.2, 0.25) is 0 Å². The van der Waals surface area contributed by atoms with E-state index in [0.717, 1.165) is 5.69 Å². The van der Waals surface area contributed by atoms with Crippen LogP contribution in [0.5, 0.6) is 5.75 Å². The van der Waals surface area contributed by atoms with Crippen molar-refractivity contribution in [3.63, 3.8) is 0 Å². The molecule has 0 atom stereocenters. The number of nitrogens with zero attached hydrogens (tertiary/aromatic N) is 2. The van der Waals surface area contributed by atoms with Gasteiger partial charge in [0.2, 0.25) is 0 Å². The van der Waals surface area contributed by atoms with Gasteiger partial charge in [-0.05, 0) is 36.8 Å². The number of hydrogen-bond acceptors (Lipinski definition) is 5. The Labute approximate surface area is 146 Å². The van der Waals surface area contributed by atoms with Gasteiger partial charge in [-0.15, -0.1) is 0 Å². The molecule has 1 aromatic heterocycles. The minimum atomic E-state index is -1.15. The smallest absolute Gasteiger partial charge is 0.339 e. The SMILES string of the molecule is COc1cc(C)c(C(=O)NCc2ccc(N(C)C)cn2)cc1C(=O)O. The third-order valence-electron chi connectivity index (χ3n) is 3.78. The predicted octanol–water partition coefficient (Wildman–Crippen LogP) is 2.09. The van der Waals surface area contributed by atoms with Crippen LogP contribution >= 0.6 is 0 Å². The van der Waals surface area contributed by atoms with Crippen molar-refractivity contribution < 1.29 is 19.4 Å². The molecule has 0 aliphatic heterocycles. The van der Waals surface area contributed by atoms with Crippen molar-refractivity contribution >= 4 is 17.6 Å². The van der Waals surface area contributed by atoms with Crippen LogP contribution in [-0.2, 0) is 6.54 Å². The first-order valence-corrected chi connectivity index (χ1v) is 7.66. The van der Waals surface area contributed by atoms with Gasteiger partial charge in [0.05, 0.1) is 31.2 Å². The quantitative estimate of drug-likeness (QED) is 0.834. The van der Waals surface area contributed by atoms with E-state index in [2.05, 4.69) is 10.3 Å². The molecule has 0 aliphatic rings. The van der Waals surface area contributed by atoms with E-state index in [0.29, 0.717) is 16.8 Å². The lowest BCUT2D eigenvalue weighted by atomic mass is 10.0. The molecule has 132 valence electrons. The Morgan fingerprint density at radius 2 is 1.96 bits per heavy atom. The highest BCUT2D eigenvalue weighted by Crippen LogP contribution is 2.23. The summed E-state index contributed by atoms with van der Waals surface area (Å²) in [6.07, 6.45) is 1.72. The molecule has 0 spiro atoms. The summed E-state index contributed by atoms with van der Waals surface area (Å²) in [5.41, 5.74) is 2.56. The molecule has 2 rings (SSSR count). The van der Waals surface area contributed by atoms with Crippen LogP contribution in [0.3, 0.4) is 0 Å². The van der Waals surface area contributed by atoms with E-state index >= 15 is 0 Å². The Kier molecular flexibility index (Phi) is 5.59. The lowest BCUT2D eigenvalue weighted by molar-refractivity contribution is 0.0693. The first-order chi connectivity index (χ1) is 11.8. The van der Waals surface area contributed by atoms with E-state index in [1.165, 1.54) is 13.2 Å². The third kappa shape index (κ3) is 4.26. The summed E-state index contributed by atoms with van der Waals surface area (Å²) in [5.74, 6) is -1.28. The van der Waals surface area contributed by atoms with Crippen molar-refractivity contribution in [3.05, 3.63) is 52.8 Å².